The second kappa shape index (κ2) is 6.63. The highest BCUT2D eigenvalue weighted by Gasteiger charge is 2.49. The van der Waals surface area contributed by atoms with Crippen LogP contribution in [0.15, 0.2) is 24.3 Å². The lowest BCUT2D eigenvalue weighted by Gasteiger charge is -2.34. The van der Waals surface area contributed by atoms with E-state index in [0.29, 0.717) is 32.6 Å². The quantitative estimate of drug-likeness (QED) is 0.908. The smallest absolute Gasteiger partial charge is 0.228 e. The molecule has 1 heterocycles. The molecule has 2 fully saturated rings. The summed E-state index contributed by atoms with van der Waals surface area (Å²) < 4.78 is 0. The molecule has 1 aliphatic carbocycles. The van der Waals surface area contributed by atoms with Gasteiger partial charge in [0.15, 0.2) is 0 Å². The van der Waals surface area contributed by atoms with Crippen molar-refractivity contribution in [3.8, 4) is 0 Å². The summed E-state index contributed by atoms with van der Waals surface area (Å²) in [5.74, 6) is -0.435. The summed E-state index contributed by atoms with van der Waals surface area (Å²) in [6.07, 6.45) is 0.614. The number of benzene rings is 1. The van der Waals surface area contributed by atoms with E-state index in [9.17, 15) is 14.4 Å². The Morgan fingerprint density at radius 2 is 1.71 bits per heavy atom. The largest absolute Gasteiger partial charge is 0.339 e. The Morgan fingerprint density at radius 1 is 1.04 bits per heavy atom. The topological polar surface area (TPSA) is 69.7 Å². The van der Waals surface area contributed by atoms with E-state index >= 15 is 0 Å². The Balaban J connectivity index is 1.50. The highest BCUT2D eigenvalue weighted by molar-refractivity contribution is 5.99. The minimum atomic E-state index is -0.233. The van der Waals surface area contributed by atoms with E-state index in [4.69, 9.17) is 0 Å². The van der Waals surface area contributed by atoms with Gasteiger partial charge in [-0.1, -0.05) is 12.1 Å². The molecule has 6 nitrogen and oxygen atoms in total. The standard InChI is InChI=1S/C18H23N3O3/c1-12-4-3-5-14(10-12)19-17(23)15-11-16(15)18(24)21-8-6-20(7-9-21)13(2)22/h3-5,10,15-16H,6-9,11H2,1-2H3,(H,19,23). The molecule has 2 aliphatic rings. The summed E-state index contributed by atoms with van der Waals surface area (Å²) in [5.41, 5.74) is 1.85. The molecule has 3 amide bonds. The highest BCUT2D eigenvalue weighted by atomic mass is 16.2. The average molecular weight is 329 g/mol. The fourth-order valence-corrected chi connectivity index (χ4v) is 3.19. The monoisotopic (exact) mass is 329 g/mol. The first-order valence-corrected chi connectivity index (χ1v) is 8.37. The predicted octanol–water partition coefficient (Wildman–Crippen LogP) is 1.26. The van der Waals surface area contributed by atoms with Gasteiger partial charge in [0, 0.05) is 38.8 Å². The summed E-state index contributed by atoms with van der Waals surface area (Å²) in [4.78, 5) is 39.7. The van der Waals surface area contributed by atoms with Crippen LogP contribution < -0.4 is 5.32 Å². The van der Waals surface area contributed by atoms with Crippen LogP contribution in [0, 0.1) is 18.8 Å². The number of anilines is 1. The molecule has 0 spiro atoms. The molecule has 1 aromatic rings. The van der Waals surface area contributed by atoms with Gasteiger partial charge in [-0.05, 0) is 31.0 Å². The van der Waals surface area contributed by atoms with Gasteiger partial charge in [-0.2, -0.15) is 0 Å². The van der Waals surface area contributed by atoms with E-state index in [-0.39, 0.29) is 29.6 Å². The number of amides is 3. The Labute approximate surface area is 141 Å². The number of carbonyl (C=O) groups excluding carboxylic acids is 3. The normalized spacial score (nSPS) is 22.9. The number of piperazine rings is 1. The van der Waals surface area contributed by atoms with E-state index in [1.165, 1.54) is 0 Å². The summed E-state index contributed by atoms with van der Waals surface area (Å²) in [7, 11) is 0. The van der Waals surface area contributed by atoms with Gasteiger partial charge in [0.2, 0.25) is 17.7 Å². The molecular weight excluding hydrogens is 306 g/mol. The number of carbonyl (C=O) groups is 3. The second-order valence-electron chi connectivity index (χ2n) is 6.64. The summed E-state index contributed by atoms with van der Waals surface area (Å²) in [5, 5.41) is 2.89. The molecule has 6 heteroatoms. The first-order chi connectivity index (χ1) is 11.5. The first-order valence-electron chi connectivity index (χ1n) is 8.37. The van der Waals surface area contributed by atoms with E-state index in [1.54, 1.807) is 16.7 Å². The van der Waals surface area contributed by atoms with E-state index < -0.39 is 0 Å². The fraction of sp³-hybridized carbons (Fsp3) is 0.500. The molecule has 1 aliphatic heterocycles. The highest BCUT2D eigenvalue weighted by Crippen LogP contribution is 2.41. The SMILES string of the molecule is CC(=O)N1CCN(C(=O)C2CC2C(=O)Nc2cccc(C)c2)CC1. The molecule has 128 valence electrons. The van der Waals surface area contributed by atoms with Crippen molar-refractivity contribution >= 4 is 23.4 Å². The first kappa shape index (κ1) is 16.5. The molecule has 0 radical (unpaired) electrons. The molecule has 1 saturated carbocycles. The maximum atomic E-state index is 12.5. The van der Waals surface area contributed by atoms with E-state index in [2.05, 4.69) is 5.32 Å². The van der Waals surface area contributed by atoms with Crippen LogP contribution in [0.2, 0.25) is 0 Å². The van der Waals surface area contributed by atoms with Gasteiger partial charge in [-0.15, -0.1) is 0 Å². The zero-order valence-electron chi connectivity index (χ0n) is 14.1. The van der Waals surface area contributed by atoms with Gasteiger partial charge >= 0.3 is 0 Å². The third-order valence-electron chi connectivity index (χ3n) is 4.77. The molecule has 1 aromatic carbocycles. The molecule has 3 rings (SSSR count). The van der Waals surface area contributed by atoms with Crippen LogP contribution in [0.4, 0.5) is 5.69 Å². The average Bonchev–Trinajstić information content (AvgIpc) is 3.35. The Morgan fingerprint density at radius 3 is 2.33 bits per heavy atom. The van der Waals surface area contributed by atoms with Crippen LogP contribution in [0.5, 0.6) is 0 Å². The minimum absolute atomic E-state index is 0.0441. The molecule has 1 saturated heterocycles. The lowest BCUT2D eigenvalue weighted by molar-refractivity contribution is -0.139. The van der Waals surface area contributed by atoms with Crippen molar-refractivity contribution in [3.63, 3.8) is 0 Å². The van der Waals surface area contributed by atoms with Crippen molar-refractivity contribution < 1.29 is 14.4 Å². The van der Waals surface area contributed by atoms with Crippen molar-refractivity contribution in [3.05, 3.63) is 29.8 Å². The third-order valence-corrected chi connectivity index (χ3v) is 4.77. The predicted molar refractivity (Wildman–Crippen MR) is 90.2 cm³/mol. The fourth-order valence-electron chi connectivity index (χ4n) is 3.19. The van der Waals surface area contributed by atoms with Crippen LogP contribution in [-0.2, 0) is 14.4 Å². The van der Waals surface area contributed by atoms with Crippen molar-refractivity contribution in [2.75, 3.05) is 31.5 Å². The number of rotatable bonds is 3. The van der Waals surface area contributed by atoms with Gasteiger partial charge in [0.1, 0.15) is 0 Å². The molecule has 2 atom stereocenters. The van der Waals surface area contributed by atoms with Gasteiger partial charge in [-0.3, -0.25) is 14.4 Å². The van der Waals surface area contributed by atoms with Crippen molar-refractivity contribution in [1.82, 2.24) is 9.80 Å². The van der Waals surface area contributed by atoms with Crippen LogP contribution in [0.3, 0.4) is 0 Å². The van der Waals surface area contributed by atoms with Crippen molar-refractivity contribution in [1.29, 1.82) is 0 Å². The van der Waals surface area contributed by atoms with Crippen LogP contribution in [0.1, 0.15) is 18.9 Å². The van der Waals surface area contributed by atoms with Gasteiger partial charge in [0.25, 0.3) is 0 Å². The summed E-state index contributed by atoms with van der Waals surface area (Å²) in [6.45, 7) is 5.79. The number of nitrogens with one attached hydrogen (secondary N) is 1. The molecule has 2 unspecified atom stereocenters. The third kappa shape index (κ3) is 3.58. The number of hydrogen-bond donors (Lipinski definition) is 1. The Hall–Kier alpha value is -2.37. The van der Waals surface area contributed by atoms with E-state index in [0.717, 1.165) is 11.3 Å². The summed E-state index contributed by atoms with van der Waals surface area (Å²) >= 11 is 0. The molecule has 1 N–H and O–H groups in total. The molecule has 0 aromatic heterocycles. The van der Waals surface area contributed by atoms with Crippen LogP contribution >= 0.6 is 0 Å². The lowest BCUT2D eigenvalue weighted by Crippen LogP contribution is -2.50. The van der Waals surface area contributed by atoms with Crippen molar-refractivity contribution in [2.45, 2.75) is 20.3 Å². The van der Waals surface area contributed by atoms with Crippen molar-refractivity contribution in [2.24, 2.45) is 11.8 Å². The lowest BCUT2D eigenvalue weighted by atomic mass is 10.2. The number of nitrogens with zero attached hydrogens (tertiary/aromatic N) is 2. The van der Waals surface area contributed by atoms with Gasteiger partial charge < -0.3 is 15.1 Å². The van der Waals surface area contributed by atoms with Gasteiger partial charge in [0.05, 0.1) is 11.8 Å². The molecular formula is C18H23N3O3. The van der Waals surface area contributed by atoms with Crippen LogP contribution in [0.25, 0.3) is 0 Å². The van der Waals surface area contributed by atoms with Gasteiger partial charge in [-0.25, -0.2) is 0 Å². The van der Waals surface area contributed by atoms with E-state index in [1.807, 2.05) is 31.2 Å². The second-order valence-corrected chi connectivity index (χ2v) is 6.64. The zero-order valence-corrected chi connectivity index (χ0v) is 14.1. The molecule has 0 bridgehead atoms. The zero-order chi connectivity index (χ0) is 17.3. The Bertz CT molecular complexity index is 665. The molecule has 24 heavy (non-hydrogen) atoms. The minimum Gasteiger partial charge on any atom is -0.339 e. The Kier molecular flexibility index (Phi) is 4.55. The maximum Gasteiger partial charge on any atom is 0.228 e. The summed E-state index contributed by atoms with van der Waals surface area (Å²) in [6, 6.07) is 7.64. The number of hydrogen-bond acceptors (Lipinski definition) is 3. The maximum absolute atomic E-state index is 12.5. The number of aryl methyl sites for hydroxylation is 1. The van der Waals surface area contributed by atoms with Crippen LogP contribution in [-0.4, -0.2) is 53.7 Å².